The van der Waals surface area contributed by atoms with Crippen LogP contribution in [-0.4, -0.2) is 86.2 Å². The Morgan fingerprint density at radius 2 is 1.36 bits per heavy atom. The number of carbonyl (C=O) groups is 4. The second-order valence-electron chi connectivity index (χ2n) is 12.5. The summed E-state index contributed by atoms with van der Waals surface area (Å²) in [7, 11) is 0.265. The Balaban J connectivity index is 2.30. The number of likely N-dealkylation sites (N-methyl/N-ethyl adjacent to an activating group) is 1. The van der Waals surface area contributed by atoms with Crippen LogP contribution < -0.4 is 10.4 Å². The van der Waals surface area contributed by atoms with Gasteiger partial charge in [-0.15, -0.1) is 0 Å². The van der Waals surface area contributed by atoms with Crippen LogP contribution in [0.5, 0.6) is 0 Å². The number of aliphatic carboxylic acids is 1. The standard InChI is InChI=1S/C33H46N2O8Si/c1-32(2,3)43-31(40)35(27(29(37)38)21-15-16-22-28(36)34(7)8)30(39)41-23-24-42-44(33(4,5)6,25-17-11-9-12-18-25)26-19-13-10-14-20-26/h9-14,16-20,22,27H,15,21,23-24H2,1-8H3,(H,37,38)/b22-16+. The highest BCUT2D eigenvalue weighted by molar-refractivity contribution is 6.99. The van der Waals surface area contributed by atoms with Crippen molar-refractivity contribution in [3.05, 3.63) is 72.8 Å². The second kappa shape index (κ2) is 15.7. The summed E-state index contributed by atoms with van der Waals surface area (Å²) < 4.78 is 17.6. The van der Waals surface area contributed by atoms with Crippen molar-refractivity contribution in [3.8, 4) is 0 Å². The highest BCUT2D eigenvalue weighted by Gasteiger charge is 2.50. The van der Waals surface area contributed by atoms with E-state index in [4.69, 9.17) is 13.9 Å². The molecule has 2 aromatic carbocycles. The van der Waals surface area contributed by atoms with Crippen molar-refractivity contribution < 1.29 is 38.2 Å². The average Bonchev–Trinajstić information content (AvgIpc) is 2.93. The molecule has 1 unspecified atom stereocenters. The molecule has 10 nitrogen and oxygen atoms in total. The van der Waals surface area contributed by atoms with E-state index in [-0.39, 0.29) is 37.0 Å². The van der Waals surface area contributed by atoms with Gasteiger partial charge in [-0.3, -0.25) is 4.79 Å². The van der Waals surface area contributed by atoms with Crippen molar-refractivity contribution in [2.45, 2.75) is 71.1 Å². The van der Waals surface area contributed by atoms with Gasteiger partial charge in [0, 0.05) is 14.1 Å². The Labute approximate surface area is 261 Å². The van der Waals surface area contributed by atoms with Crippen LogP contribution in [-0.2, 0) is 23.5 Å². The van der Waals surface area contributed by atoms with Crippen LogP contribution in [0.25, 0.3) is 0 Å². The maximum Gasteiger partial charge on any atom is 0.420 e. The van der Waals surface area contributed by atoms with E-state index in [1.54, 1.807) is 34.9 Å². The van der Waals surface area contributed by atoms with Crippen LogP contribution in [0.2, 0.25) is 5.04 Å². The predicted molar refractivity (Wildman–Crippen MR) is 171 cm³/mol. The molecule has 0 bridgehead atoms. The normalized spacial score (nSPS) is 12.8. The van der Waals surface area contributed by atoms with Crippen LogP contribution >= 0.6 is 0 Å². The third-order valence-electron chi connectivity index (χ3n) is 6.74. The summed E-state index contributed by atoms with van der Waals surface area (Å²) in [6, 6.07) is 18.3. The Morgan fingerprint density at radius 1 is 0.841 bits per heavy atom. The molecule has 0 saturated carbocycles. The summed E-state index contributed by atoms with van der Waals surface area (Å²) in [6.07, 6.45) is 0.452. The van der Waals surface area contributed by atoms with Crippen LogP contribution in [0.3, 0.4) is 0 Å². The van der Waals surface area contributed by atoms with Gasteiger partial charge < -0.3 is 23.9 Å². The lowest BCUT2D eigenvalue weighted by Gasteiger charge is -2.43. The Kier molecular flexibility index (Phi) is 12.9. The van der Waals surface area contributed by atoms with Crippen molar-refractivity contribution in [1.82, 2.24) is 9.80 Å². The van der Waals surface area contributed by atoms with Gasteiger partial charge in [-0.05, 0) is 55.1 Å². The van der Waals surface area contributed by atoms with Gasteiger partial charge >= 0.3 is 18.2 Å². The van der Waals surface area contributed by atoms with E-state index in [9.17, 15) is 24.3 Å². The minimum absolute atomic E-state index is 0.00824. The van der Waals surface area contributed by atoms with Crippen LogP contribution in [0.1, 0.15) is 54.4 Å². The van der Waals surface area contributed by atoms with E-state index < -0.39 is 38.1 Å². The lowest BCUT2D eigenvalue weighted by molar-refractivity contribution is -0.142. The van der Waals surface area contributed by atoms with Crippen molar-refractivity contribution >= 4 is 42.8 Å². The van der Waals surface area contributed by atoms with Crippen LogP contribution in [0.15, 0.2) is 72.8 Å². The Bertz CT molecular complexity index is 1240. The average molecular weight is 627 g/mol. The molecule has 11 heteroatoms. The monoisotopic (exact) mass is 626 g/mol. The summed E-state index contributed by atoms with van der Waals surface area (Å²) >= 11 is 0. The number of nitrogens with zero attached hydrogens (tertiary/aromatic N) is 2. The fourth-order valence-electron chi connectivity index (χ4n) is 4.75. The topological polar surface area (TPSA) is 123 Å². The summed E-state index contributed by atoms with van der Waals surface area (Å²) in [4.78, 5) is 52.4. The van der Waals surface area contributed by atoms with Gasteiger partial charge in [-0.1, -0.05) is 87.5 Å². The molecule has 0 aromatic heterocycles. The van der Waals surface area contributed by atoms with Crippen molar-refractivity contribution in [1.29, 1.82) is 0 Å². The van der Waals surface area contributed by atoms with Gasteiger partial charge in [-0.25, -0.2) is 14.4 Å². The minimum atomic E-state index is -2.91. The van der Waals surface area contributed by atoms with Crippen molar-refractivity contribution in [3.63, 3.8) is 0 Å². The van der Waals surface area contributed by atoms with E-state index in [2.05, 4.69) is 20.8 Å². The predicted octanol–water partition coefficient (Wildman–Crippen LogP) is 4.81. The van der Waals surface area contributed by atoms with Gasteiger partial charge in [0.15, 0.2) is 0 Å². The van der Waals surface area contributed by atoms with E-state index in [0.29, 0.717) is 4.90 Å². The zero-order valence-electron chi connectivity index (χ0n) is 27.0. The SMILES string of the molecule is CN(C)C(=O)/C=C/CCC(C(=O)O)N(C(=O)OCCO[Si](c1ccccc1)(c1ccccc1)C(C)(C)C)C(=O)OC(C)(C)C. The number of hydrogen-bond donors (Lipinski definition) is 1. The molecular formula is C33H46N2O8Si. The number of benzene rings is 2. The fourth-order valence-corrected chi connectivity index (χ4v) is 9.29. The smallest absolute Gasteiger partial charge is 0.420 e. The number of hydrogen-bond acceptors (Lipinski definition) is 7. The highest BCUT2D eigenvalue weighted by Crippen LogP contribution is 2.36. The molecule has 1 atom stereocenters. The molecule has 0 fully saturated rings. The quantitative estimate of drug-likeness (QED) is 0.202. The lowest BCUT2D eigenvalue weighted by atomic mass is 10.1. The largest absolute Gasteiger partial charge is 0.480 e. The first-order valence-corrected chi connectivity index (χ1v) is 16.5. The highest BCUT2D eigenvalue weighted by atomic mass is 28.4. The molecule has 0 heterocycles. The first kappa shape index (κ1) is 36.2. The van der Waals surface area contributed by atoms with Gasteiger partial charge in [0.25, 0.3) is 8.32 Å². The molecule has 2 aromatic rings. The molecule has 0 aliphatic carbocycles. The molecule has 0 aliphatic heterocycles. The molecule has 0 radical (unpaired) electrons. The third kappa shape index (κ3) is 9.78. The third-order valence-corrected chi connectivity index (χ3v) is 11.8. The van der Waals surface area contributed by atoms with Crippen molar-refractivity contribution in [2.24, 2.45) is 0 Å². The number of ether oxygens (including phenoxy) is 2. The summed E-state index contributed by atoms with van der Waals surface area (Å²) in [5.41, 5.74) is -0.997. The van der Waals surface area contributed by atoms with E-state index in [1.807, 2.05) is 60.7 Å². The van der Waals surface area contributed by atoms with Crippen molar-refractivity contribution in [2.75, 3.05) is 27.3 Å². The van der Waals surface area contributed by atoms with Gasteiger partial charge in [-0.2, -0.15) is 4.90 Å². The zero-order valence-corrected chi connectivity index (χ0v) is 28.0. The first-order valence-electron chi connectivity index (χ1n) is 14.6. The fraction of sp³-hybridized carbons (Fsp3) is 0.455. The Hall–Kier alpha value is -3.96. The molecular weight excluding hydrogens is 580 g/mol. The molecule has 0 aliphatic rings. The van der Waals surface area contributed by atoms with Crippen LogP contribution in [0, 0.1) is 0 Å². The number of rotatable bonds is 12. The molecule has 2 rings (SSSR count). The molecule has 3 amide bonds. The maximum atomic E-state index is 13.3. The molecule has 0 saturated heterocycles. The summed E-state index contributed by atoms with van der Waals surface area (Å²) in [6.45, 7) is 11.0. The van der Waals surface area contributed by atoms with E-state index >= 15 is 0 Å². The summed E-state index contributed by atoms with van der Waals surface area (Å²) in [5.74, 6) is -1.69. The Morgan fingerprint density at radius 3 is 1.80 bits per heavy atom. The van der Waals surface area contributed by atoms with Gasteiger partial charge in [0.2, 0.25) is 5.91 Å². The summed E-state index contributed by atoms with van der Waals surface area (Å²) in [5, 5.41) is 11.8. The van der Waals surface area contributed by atoms with Crippen LogP contribution in [0.4, 0.5) is 9.59 Å². The zero-order chi connectivity index (χ0) is 33.1. The van der Waals surface area contributed by atoms with E-state index in [0.717, 1.165) is 10.4 Å². The first-order chi connectivity index (χ1) is 20.5. The number of carboxylic acids is 1. The number of amides is 3. The molecule has 44 heavy (non-hydrogen) atoms. The van der Waals surface area contributed by atoms with E-state index in [1.165, 1.54) is 17.1 Å². The maximum absolute atomic E-state index is 13.3. The van der Waals surface area contributed by atoms with Gasteiger partial charge in [0.05, 0.1) is 6.61 Å². The minimum Gasteiger partial charge on any atom is -0.480 e. The number of imide groups is 1. The number of carbonyl (C=O) groups excluding carboxylic acids is 3. The lowest BCUT2D eigenvalue weighted by Crippen LogP contribution is -2.66. The number of allylic oxidation sites excluding steroid dienone is 1. The second-order valence-corrected chi connectivity index (χ2v) is 16.8. The molecule has 1 N–H and O–H groups in total. The number of carboxylic acid groups (broad SMARTS) is 1. The molecule has 240 valence electrons. The van der Waals surface area contributed by atoms with Gasteiger partial charge in [0.1, 0.15) is 18.2 Å². The molecule has 0 spiro atoms.